The first-order valence-corrected chi connectivity index (χ1v) is 9.65. The van der Waals surface area contributed by atoms with E-state index < -0.39 is 41.9 Å². The minimum absolute atomic E-state index is 0.0334. The van der Waals surface area contributed by atoms with Crippen LogP contribution in [0.4, 0.5) is 17.6 Å². The lowest BCUT2D eigenvalue weighted by atomic mass is 10.1. The molecule has 0 fully saturated rings. The first-order valence-electron chi connectivity index (χ1n) is 9.65. The van der Waals surface area contributed by atoms with Crippen LogP contribution in [0.1, 0.15) is 16.7 Å². The number of fused-ring (bicyclic) bond motifs is 1. The Balaban J connectivity index is 1.63. The van der Waals surface area contributed by atoms with E-state index in [4.69, 9.17) is 19.0 Å². The molecule has 0 aliphatic carbocycles. The number of oxazole rings is 1. The van der Waals surface area contributed by atoms with Gasteiger partial charge in [0.25, 0.3) is 5.71 Å². The Morgan fingerprint density at radius 2 is 1.82 bits per heavy atom. The molecular weight excluding hydrogens is 462 g/mol. The Bertz CT molecular complexity index is 1380. The molecule has 34 heavy (non-hydrogen) atoms. The fourth-order valence-corrected chi connectivity index (χ4v) is 3.18. The van der Waals surface area contributed by atoms with Gasteiger partial charge in [0.15, 0.2) is 18.2 Å². The van der Waals surface area contributed by atoms with Crippen molar-refractivity contribution in [2.24, 2.45) is 0 Å². The Morgan fingerprint density at radius 3 is 2.47 bits per heavy atom. The SMILES string of the molecule is Cc1cc(-c2nc3cnc(Oc4cc(C(F)(F)F)ccc4F)nc3o2)cc(C)c1OCC(=O)O. The van der Waals surface area contributed by atoms with E-state index in [1.165, 1.54) is 6.20 Å². The maximum Gasteiger partial charge on any atom is 0.416 e. The molecule has 0 atom stereocenters. The second kappa shape index (κ2) is 8.61. The van der Waals surface area contributed by atoms with Crippen LogP contribution in [0, 0.1) is 19.7 Å². The van der Waals surface area contributed by atoms with Crippen LogP contribution >= 0.6 is 0 Å². The summed E-state index contributed by atoms with van der Waals surface area (Å²) in [7, 11) is 0. The zero-order chi connectivity index (χ0) is 24.6. The van der Waals surface area contributed by atoms with Crippen molar-refractivity contribution in [3.05, 3.63) is 59.0 Å². The van der Waals surface area contributed by atoms with Gasteiger partial charge in [-0.05, 0) is 55.3 Å². The molecule has 0 bridgehead atoms. The molecule has 8 nitrogen and oxygen atoms in total. The number of ether oxygens (including phenoxy) is 2. The van der Waals surface area contributed by atoms with Gasteiger partial charge in [-0.3, -0.25) is 0 Å². The lowest BCUT2D eigenvalue weighted by Gasteiger charge is -2.11. The van der Waals surface area contributed by atoms with Crippen molar-refractivity contribution in [2.45, 2.75) is 20.0 Å². The van der Waals surface area contributed by atoms with Gasteiger partial charge >= 0.3 is 18.2 Å². The standard InChI is InChI=1S/C22H15F4N3O5/c1-10-5-12(6-11(2)18(10)32-9-17(30)31)19-28-15-8-27-21(29-20(15)34-19)33-16-7-13(22(24,25)26)3-4-14(16)23/h3-8H,9H2,1-2H3,(H,30,31). The molecular formula is C22H15F4N3O5. The van der Waals surface area contributed by atoms with Crippen molar-refractivity contribution in [3.8, 4) is 29.0 Å². The normalized spacial score (nSPS) is 11.6. The largest absolute Gasteiger partial charge is 0.481 e. The van der Waals surface area contributed by atoms with Crippen molar-refractivity contribution < 1.29 is 41.4 Å². The highest BCUT2D eigenvalue weighted by molar-refractivity contribution is 5.73. The quantitative estimate of drug-likeness (QED) is 0.372. The van der Waals surface area contributed by atoms with Crippen LogP contribution in [0.5, 0.6) is 17.5 Å². The van der Waals surface area contributed by atoms with Crippen LogP contribution in [-0.4, -0.2) is 32.6 Å². The van der Waals surface area contributed by atoms with Crippen molar-refractivity contribution in [1.29, 1.82) is 0 Å². The molecule has 0 amide bonds. The maximum atomic E-state index is 14.0. The number of hydrogen-bond acceptors (Lipinski definition) is 7. The molecule has 0 saturated carbocycles. The third-order valence-corrected chi connectivity index (χ3v) is 4.64. The molecule has 1 N–H and O–H groups in total. The van der Waals surface area contributed by atoms with Crippen LogP contribution in [0.3, 0.4) is 0 Å². The number of aryl methyl sites for hydroxylation is 2. The number of halogens is 4. The molecule has 0 radical (unpaired) electrons. The summed E-state index contributed by atoms with van der Waals surface area (Å²) in [6, 6.07) is 4.66. The minimum Gasteiger partial charge on any atom is -0.481 e. The van der Waals surface area contributed by atoms with E-state index in [1.54, 1.807) is 26.0 Å². The van der Waals surface area contributed by atoms with Gasteiger partial charge in [0.1, 0.15) is 11.3 Å². The summed E-state index contributed by atoms with van der Waals surface area (Å²) in [6.45, 7) is 2.96. The number of aliphatic carboxylic acids is 1. The first-order chi connectivity index (χ1) is 16.0. The van der Waals surface area contributed by atoms with Gasteiger partial charge in [-0.25, -0.2) is 19.2 Å². The zero-order valence-corrected chi connectivity index (χ0v) is 17.6. The number of carboxylic acid groups (broad SMARTS) is 1. The van der Waals surface area contributed by atoms with Gasteiger partial charge < -0.3 is 19.0 Å². The molecule has 4 rings (SSSR count). The highest BCUT2D eigenvalue weighted by atomic mass is 19.4. The van der Waals surface area contributed by atoms with E-state index in [2.05, 4.69) is 15.0 Å². The molecule has 2 aromatic carbocycles. The number of benzene rings is 2. The molecule has 4 aromatic rings. The van der Waals surface area contributed by atoms with Gasteiger partial charge in [-0.1, -0.05) is 0 Å². The fourth-order valence-electron chi connectivity index (χ4n) is 3.18. The van der Waals surface area contributed by atoms with E-state index in [9.17, 15) is 22.4 Å². The molecule has 0 aliphatic heterocycles. The van der Waals surface area contributed by atoms with Crippen molar-refractivity contribution in [3.63, 3.8) is 0 Å². The summed E-state index contributed by atoms with van der Waals surface area (Å²) >= 11 is 0. The van der Waals surface area contributed by atoms with Crippen LogP contribution in [0.15, 0.2) is 40.9 Å². The first kappa shape index (κ1) is 23.0. The second-order valence-corrected chi connectivity index (χ2v) is 7.23. The summed E-state index contributed by atoms with van der Waals surface area (Å²) in [5.74, 6) is -2.25. The average molecular weight is 477 g/mol. The predicted molar refractivity (Wildman–Crippen MR) is 109 cm³/mol. The van der Waals surface area contributed by atoms with Crippen molar-refractivity contribution >= 4 is 17.2 Å². The van der Waals surface area contributed by atoms with Crippen molar-refractivity contribution in [2.75, 3.05) is 6.61 Å². The average Bonchev–Trinajstić information content (AvgIpc) is 3.17. The Hall–Kier alpha value is -4.22. The van der Waals surface area contributed by atoms with Crippen LogP contribution in [-0.2, 0) is 11.0 Å². The van der Waals surface area contributed by atoms with Crippen molar-refractivity contribution in [1.82, 2.24) is 15.0 Å². The topological polar surface area (TPSA) is 108 Å². The van der Waals surface area contributed by atoms with Gasteiger partial charge in [0, 0.05) is 5.56 Å². The van der Waals surface area contributed by atoms with Gasteiger partial charge in [-0.2, -0.15) is 18.2 Å². The number of alkyl halides is 3. The molecule has 0 aliphatic rings. The molecule has 0 spiro atoms. The predicted octanol–water partition coefficient (Wildman–Crippen LogP) is 5.32. The number of hydrogen-bond donors (Lipinski definition) is 1. The lowest BCUT2D eigenvalue weighted by molar-refractivity contribution is -0.139. The molecule has 2 aromatic heterocycles. The molecule has 0 saturated heterocycles. The highest BCUT2D eigenvalue weighted by Crippen LogP contribution is 2.35. The Labute approximate surface area is 188 Å². The highest BCUT2D eigenvalue weighted by Gasteiger charge is 2.31. The summed E-state index contributed by atoms with van der Waals surface area (Å²) in [4.78, 5) is 22.9. The van der Waals surface area contributed by atoms with Gasteiger partial charge in [0.2, 0.25) is 5.89 Å². The molecule has 12 heteroatoms. The van der Waals surface area contributed by atoms with Gasteiger partial charge in [0.05, 0.1) is 11.8 Å². The van der Waals surface area contributed by atoms with Crippen LogP contribution < -0.4 is 9.47 Å². The number of nitrogens with zero attached hydrogens (tertiary/aromatic N) is 3. The summed E-state index contributed by atoms with van der Waals surface area (Å²) in [6.07, 6.45) is -3.46. The summed E-state index contributed by atoms with van der Waals surface area (Å²) < 4.78 is 68.7. The number of aromatic nitrogens is 3. The maximum absolute atomic E-state index is 14.0. The Kier molecular flexibility index (Phi) is 5.82. The third kappa shape index (κ3) is 4.75. The molecule has 2 heterocycles. The Morgan fingerprint density at radius 1 is 1.12 bits per heavy atom. The summed E-state index contributed by atoms with van der Waals surface area (Å²) in [5.41, 5.74) is 0.944. The zero-order valence-electron chi connectivity index (χ0n) is 17.6. The van der Waals surface area contributed by atoms with E-state index in [-0.39, 0.29) is 17.1 Å². The fraction of sp³-hybridized carbons (Fsp3) is 0.182. The number of carboxylic acids is 1. The van der Waals surface area contributed by atoms with E-state index in [0.717, 1.165) is 0 Å². The summed E-state index contributed by atoms with van der Waals surface area (Å²) in [5, 5.41) is 8.81. The minimum atomic E-state index is -4.68. The number of rotatable bonds is 6. The number of carbonyl (C=O) groups is 1. The van der Waals surface area contributed by atoms with E-state index in [1.807, 2.05) is 0 Å². The second-order valence-electron chi connectivity index (χ2n) is 7.23. The smallest absolute Gasteiger partial charge is 0.416 e. The van der Waals surface area contributed by atoms with Gasteiger partial charge in [-0.15, -0.1) is 0 Å². The van der Waals surface area contributed by atoms with Crippen LogP contribution in [0.2, 0.25) is 0 Å². The van der Waals surface area contributed by atoms with Crippen LogP contribution in [0.25, 0.3) is 22.7 Å². The monoisotopic (exact) mass is 477 g/mol. The van der Waals surface area contributed by atoms with E-state index >= 15 is 0 Å². The lowest BCUT2D eigenvalue weighted by Crippen LogP contribution is -2.10. The molecule has 176 valence electrons. The molecule has 0 unspecified atom stereocenters. The van der Waals surface area contributed by atoms with E-state index in [0.29, 0.717) is 40.6 Å². The third-order valence-electron chi connectivity index (χ3n) is 4.64.